The third kappa shape index (κ3) is 3.37. The molecular formula is C12H15N3O. The van der Waals surface area contributed by atoms with Crippen LogP contribution < -0.4 is 5.73 Å². The quantitative estimate of drug-likeness (QED) is 0.742. The molecule has 1 aromatic rings. The second-order valence-corrected chi connectivity index (χ2v) is 3.57. The minimum Gasteiger partial charge on any atom is -0.340 e. The maximum absolute atomic E-state index is 11.7. The van der Waals surface area contributed by atoms with Gasteiger partial charge in [-0.3, -0.25) is 9.78 Å². The molecule has 0 aliphatic carbocycles. The Morgan fingerprint density at radius 2 is 2.50 bits per heavy atom. The molecule has 0 aliphatic rings. The molecule has 4 heteroatoms. The average Bonchev–Trinajstić information content (AvgIpc) is 2.29. The van der Waals surface area contributed by atoms with Gasteiger partial charge in [-0.15, -0.1) is 12.3 Å². The fraction of sp³-hybridized carbons (Fsp3) is 0.333. The molecule has 0 aliphatic heterocycles. The Labute approximate surface area is 95.5 Å². The van der Waals surface area contributed by atoms with Gasteiger partial charge in [-0.1, -0.05) is 6.07 Å². The topological polar surface area (TPSA) is 59.2 Å². The fourth-order valence-electron chi connectivity index (χ4n) is 1.34. The van der Waals surface area contributed by atoms with E-state index in [1.54, 1.807) is 24.3 Å². The summed E-state index contributed by atoms with van der Waals surface area (Å²) in [5.41, 5.74) is 6.60. The van der Waals surface area contributed by atoms with Crippen LogP contribution in [0.1, 0.15) is 12.0 Å². The number of terminal acetylenes is 1. The largest absolute Gasteiger partial charge is 0.340 e. The Bertz CT molecular complexity index is 383. The molecule has 0 aromatic carbocycles. The number of likely N-dealkylation sites (N-methyl/N-ethyl adjacent to an activating group) is 1. The molecule has 2 N–H and O–H groups in total. The lowest BCUT2D eigenvalue weighted by Crippen LogP contribution is -2.41. The zero-order valence-corrected chi connectivity index (χ0v) is 9.26. The standard InChI is InChI=1S/C12H15N3O/c1-3-5-11(13)12(16)15(2)9-10-6-4-7-14-8-10/h1,4,6-8,11H,5,9,13H2,2H3. The van der Waals surface area contributed by atoms with Gasteiger partial charge in [-0.05, 0) is 11.6 Å². The van der Waals surface area contributed by atoms with Crippen molar-refractivity contribution in [2.75, 3.05) is 7.05 Å². The molecule has 0 saturated heterocycles. The summed E-state index contributed by atoms with van der Waals surface area (Å²) < 4.78 is 0. The van der Waals surface area contributed by atoms with Crippen LogP contribution in [0, 0.1) is 12.3 Å². The number of pyridine rings is 1. The molecule has 1 atom stereocenters. The molecule has 1 unspecified atom stereocenters. The number of carbonyl (C=O) groups is 1. The van der Waals surface area contributed by atoms with E-state index < -0.39 is 6.04 Å². The summed E-state index contributed by atoms with van der Waals surface area (Å²) in [6.07, 6.45) is 8.78. The SMILES string of the molecule is C#CCC(N)C(=O)N(C)Cc1cccnc1. The predicted molar refractivity (Wildman–Crippen MR) is 62.1 cm³/mol. The lowest BCUT2D eigenvalue weighted by atomic mass is 10.2. The van der Waals surface area contributed by atoms with Gasteiger partial charge in [0.05, 0.1) is 6.04 Å². The molecule has 0 spiro atoms. The second kappa shape index (κ2) is 5.89. The number of carbonyl (C=O) groups excluding carboxylic acids is 1. The van der Waals surface area contributed by atoms with Crippen LogP contribution in [0.15, 0.2) is 24.5 Å². The number of nitrogens with two attached hydrogens (primary N) is 1. The molecule has 0 radical (unpaired) electrons. The number of amides is 1. The number of hydrogen-bond acceptors (Lipinski definition) is 3. The highest BCUT2D eigenvalue weighted by atomic mass is 16.2. The Morgan fingerprint density at radius 3 is 3.06 bits per heavy atom. The summed E-state index contributed by atoms with van der Waals surface area (Å²) in [7, 11) is 1.70. The first-order valence-corrected chi connectivity index (χ1v) is 4.98. The molecule has 1 rings (SSSR count). The first kappa shape index (κ1) is 12.2. The Balaban J connectivity index is 2.56. The van der Waals surface area contributed by atoms with Crippen molar-refractivity contribution in [2.45, 2.75) is 19.0 Å². The summed E-state index contributed by atoms with van der Waals surface area (Å²) >= 11 is 0. The molecule has 0 fully saturated rings. The van der Waals surface area contributed by atoms with E-state index in [0.29, 0.717) is 6.54 Å². The molecule has 1 amide bonds. The van der Waals surface area contributed by atoms with Crippen molar-refractivity contribution in [1.29, 1.82) is 0 Å². The van der Waals surface area contributed by atoms with Crippen molar-refractivity contribution in [3.8, 4) is 12.3 Å². The van der Waals surface area contributed by atoms with Crippen LogP contribution in [0.5, 0.6) is 0 Å². The molecule has 84 valence electrons. The van der Waals surface area contributed by atoms with Crippen LogP contribution in [0.25, 0.3) is 0 Å². The molecular weight excluding hydrogens is 202 g/mol. The first-order chi connectivity index (χ1) is 7.65. The van der Waals surface area contributed by atoms with E-state index in [1.807, 2.05) is 12.1 Å². The van der Waals surface area contributed by atoms with Gasteiger partial charge in [0.25, 0.3) is 0 Å². The molecule has 16 heavy (non-hydrogen) atoms. The fourth-order valence-corrected chi connectivity index (χ4v) is 1.34. The van der Waals surface area contributed by atoms with Crippen molar-refractivity contribution in [1.82, 2.24) is 9.88 Å². The number of rotatable bonds is 4. The van der Waals surface area contributed by atoms with E-state index in [0.717, 1.165) is 5.56 Å². The lowest BCUT2D eigenvalue weighted by molar-refractivity contribution is -0.131. The summed E-state index contributed by atoms with van der Waals surface area (Å²) in [4.78, 5) is 17.3. The zero-order valence-electron chi connectivity index (χ0n) is 9.26. The van der Waals surface area contributed by atoms with Gasteiger partial charge in [0, 0.05) is 32.4 Å². The van der Waals surface area contributed by atoms with Gasteiger partial charge in [-0.25, -0.2) is 0 Å². The van der Waals surface area contributed by atoms with Crippen LogP contribution in [0.3, 0.4) is 0 Å². The average molecular weight is 217 g/mol. The van der Waals surface area contributed by atoms with E-state index in [9.17, 15) is 4.79 Å². The van der Waals surface area contributed by atoms with Gasteiger partial charge in [0.2, 0.25) is 5.91 Å². The van der Waals surface area contributed by atoms with E-state index >= 15 is 0 Å². The lowest BCUT2D eigenvalue weighted by Gasteiger charge is -2.20. The van der Waals surface area contributed by atoms with Crippen molar-refractivity contribution in [2.24, 2.45) is 5.73 Å². The van der Waals surface area contributed by atoms with Gasteiger partial charge < -0.3 is 10.6 Å². The minimum absolute atomic E-state index is 0.151. The number of aromatic nitrogens is 1. The Kier molecular flexibility index (Phi) is 4.49. The van der Waals surface area contributed by atoms with Crippen LogP contribution in [-0.4, -0.2) is 28.9 Å². The van der Waals surface area contributed by atoms with Crippen molar-refractivity contribution >= 4 is 5.91 Å². The highest BCUT2D eigenvalue weighted by molar-refractivity contribution is 5.81. The van der Waals surface area contributed by atoms with Crippen LogP contribution in [0.2, 0.25) is 0 Å². The van der Waals surface area contributed by atoms with Crippen molar-refractivity contribution < 1.29 is 4.79 Å². The highest BCUT2D eigenvalue weighted by Crippen LogP contribution is 2.03. The minimum atomic E-state index is -0.619. The normalized spacial score (nSPS) is 11.6. The first-order valence-electron chi connectivity index (χ1n) is 4.98. The maximum atomic E-state index is 11.7. The third-order valence-electron chi connectivity index (χ3n) is 2.17. The van der Waals surface area contributed by atoms with E-state index in [4.69, 9.17) is 12.2 Å². The zero-order chi connectivity index (χ0) is 12.0. The number of nitrogens with zero attached hydrogens (tertiary/aromatic N) is 2. The Morgan fingerprint density at radius 1 is 1.75 bits per heavy atom. The van der Waals surface area contributed by atoms with E-state index in [2.05, 4.69) is 10.9 Å². The molecule has 4 nitrogen and oxygen atoms in total. The molecule has 0 bridgehead atoms. The van der Waals surface area contributed by atoms with Gasteiger partial charge in [0.15, 0.2) is 0 Å². The molecule has 1 aromatic heterocycles. The summed E-state index contributed by atoms with van der Waals surface area (Å²) in [6, 6.07) is 3.12. The van der Waals surface area contributed by atoms with Crippen LogP contribution in [0.4, 0.5) is 0 Å². The van der Waals surface area contributed by atoms with Gasteiger partial charge in [-0.2, -0.15) is 0 Å². The van der Waals surface area contributed by atoms with Crippen molar-refractivity contribution in [3.05, 3.63) is 30.1 Å². The van der Waals surface area contributed by atoms with Crippen LogP contribution >= 0.6 is 0 Å². The second-order valence-electron chi connectivity index (χ2n) is 3.57. The smallest absolute Gasteiger partial charge is 0.240 e. The summed E-state index contributed by atoms with van der Waals surface area (Å²) in [6.45, 7) is 0.491. The maximum Gasteiger partial charge on any atom is 0.240 e. The van der Waals surface area contributed by atoms with Gasteiger partial charge >= 0.3 is 0 Å². The van der Waals surface area contributed by atoms with E-state index in [-0.39, 0.29) is 12.3 Å². The number of hydrogen-bond donors (Lipinski definition) is 1. The molecule has 1 heterocycles. The molecule has 0 saturated carbocycles. The van der Waals surface area contributed by atoms with E-state index in [1.165, 1.54) is 0 Å². The third-order valence-corrected chi connectivity index (χ3v) is 2.17. The van der Waals surface area contributed by atoms with Crippen molar-refractivity contribution in [3.63, 3.8) is 0 Å². The summed E-state index contributed by atoms with van der Waals surface area (Å²) in [5, 5.41) is 0. The summed E-state index contributed by atoms with van der Waals surface area (Å²) in [5.74, 6) is 2.23. The highest BCUT2D eigenvalue weighted by Gasteiger charge is 2.16. The Hall–Kier alpha value is -1.86. The van der Waals surface area contributed by atoms with Crippen LogP contribution in [-0.2, 0) is 11.3 Å². The predicted octanol–water partition coefficient (Wildman–Crippen LogP) is 0.391. The van der Waals surface area contributed by atoms with Gasteiger partial charge in [0.1, 0.15) is 0 Å². The monoisotopic (exact) mass is 217 g/mol.